The molecule has 0 aliphatic carbocycles. The Balaban J connectivity index is 1.86. The van der Waals surface area contributed by atoms with Crippen LogP contribution in [0.5, 0.6) is 0 Å². The lowest BCUT2D eigenvalue weighted by atomic mass is 10.1. The van der Waals surface area contributed by atoms with E-state index in [-0.39, 0.29) is 11.9 Å². The number of hydrogen-bond acceptors (Lipinski definition) is 3. The maximum absolute atomic E-state index is 11.5. The van der Waals surface area contributed by atoms with Gasteiger partial charge >= 0.3 is 0 Å². The van der Waals surface area contributed by atoms with E-state index in [1.165, 1.54) is 0 Å². The minimum Gasteiger partial charge on any atom is -0.354 e. The Morgan fingerprint density at radius 1 is 1.25 bits per heavy atom. The Morgan fingerprint density at radius 2 is 2.05 bits per heavy atom. The SMILES string of the molecule is CC(C)NC(=O)CCNCc1cccc2cccnc12. The smallest absolute Gasteiger partial charge is 0.221 e. The van der Waals surface area contributed by atoms with Crippen molar-refractivity contribution in [3.63, 3.8) is 0 Å². The molecule has 1 aromatic heterocycles. The molecule has 0 aliphatic rings. The molecule has 0 saturated carbocycles. The van der Waals surface area contributed by atoms with Gasteiger partial charge in [0.1, 0.15) is 0 Å². The van der Waals surface area contributed by atoms with E-state index in [0.29, 0.717) is 13.0 Å². The van der Waals surface area contributed by atoms with Gasteiger partial charge in [0.2, 0.25) is 5.91 Å². The van der Waals surface area contributed by atoms with E-state index < -0.39 is 0 Å². The summed E-state index contributed by atoms with van der Waals surface area (Å²) in [5, 5.41) is 7.32. The third-order valence-electron chi connectivity index (χ3n) is 3.01. The van der Waals surface area contributed by atoms with Gasteiger partial charge in [-0.3, -0.25) is 9.78 Å². The Morgan fingerprint density at radius 3 is 2.85 bits per heavy atom. The monoisotopic (exact) mass is 271 g/mol. The van der Waals surface area contributed by atoms with Crippen LogP contribution in [-0.2, 0) is 11.3 Å². The summed E-state index contributed by atoms with van der Waals surface area (Å²) in [5.41, 5.74) is 2.18. The number of carbonyl (C=O) groups excluding carboxylic acids is 1. The molecule has 106 valence electrons. The van der Waals surface area contributed by atoms with Gasteiger partial charge < -0.3 is 10.6 Å². The predicted molar refractivity (Wildman–Crippen MR) is 81.3 cm³/mol. The normalized spacial score (nSPS) is 10.9. The number of benzene rings is 1. The van der Waals surface area contributed by atoms with E-state index in [1.54, 1.807) is 0 Å². The largest absolute Gasteiger partial charge is 0.354 e. The fourth-order valence-corrected chi connectivity index (χ4v) is 2.13. The first-order chi connectivity index (χ1) is 9.66. The summed E-state index contributed by atoms with van der Waals surface area (Å²) in [6.07, 6.45) is 2.30. The number of nitrogens with one attached hydrogen (secondary N) is 2. The van der Waals surface area contributed by atoms with Crippen LogP contribution in [0.1, 0.15) is 25.8 Å². The van der Waals surface area contributed by atoms with Gasteiger partial charge in [-0.05, 0) is 25.5 Å². The van der Waals surface area contributed by atoms with Gasteiger partial charge in [0.15, 0.2) is 0 Å². The van der Waals surface area contributed by atoms with E-state index in [1.807, 2.05) is 32.2 Å². The first-order valence-corrected chi connectivity index (χ1v) is 6.99. The minimum atomic E-state index is 0.0866. The zero-order chi connectivity index (χ0) is 14.4. The molecule has 2 rings (SSSR count). The summed E-state index contributed by atoms with van der Waals surface area (Å²) >= 11 is 0. The fourth-order valence-electron chi connectivity index (χ4n) is 2.13. The maximum atomic E-state index is 11.5. The van der Waals surface area contributed by atoms with Crippen LogP contribution in [0.2, 0.25) is 0 Å². The van der Waals surface area contributed by atoms with Crippen LogP contribution >= 0.6 is 0 Å². The summed E-state index contributed by atoms with van der Waals surface area (Å²) in [5.74, 6) is 0.0866. The van der Waals surface area contributed by atoms with Crippen LogP contribution < -0.4 is 10.6 Å². The standard InChI is InChI=1S/C16H21N3O/c1-12(2)19-15(20)8-10-17-11-14-6-3-5-13-7-4-9-18-16(13)14/h3-7,9,12,17H,8,10-11H2,1-2H3,(H,19,20). The Kier molecular flexibility index (Phi) is 5.07. The number of para-hydroxylation sites is 1. The van der Waals surface area contributed by atoms with Gasteiger partial charge in [-0.25, -0.2) is 0 Å². The van der Waals surface area contributed by atoms with Crippen LogP contribution in [0.4, 0.5) is 0 Å². The van der Waals surface area contributed by atoms with Gasteiger partial charge in [0, 0.05) is 37.1 Å². The van der Waals surface area contributed by atoms with Gasteiger partial charge in [-0.2, -0.15) is 0 Å². The molecule has 2 N–H and O–H groups in total. The van der Waals surface area contributed by atoms with Crippen LogP contribution in [0, 0.1) is 0 Å². The molecule has 4 nitrogen and oxygen atoms in total. The highest BCUT2D eigenvalue weighted by Gasteiger charge is 2.04. The number of aromatic nitrogens is 1. The second kappa shape index (κ2) is 7.01. The van der Waals surface area contributed by atoms with Gasteiger partial charge in [0.05, 0.1) is 5.52 Å². The van der Waals surface area contributed by atoms with Crippen LogP contribution in [0.15, 0.2) is 36.5 Å². The molecule has 1 heterocycles. The van der Waals surface area contributed by atoms with Crippen LogP contribution in [-0.4, -0.2) is 23.5 Å². The lowest BCUT2D eigenvalue weighted by Gasteiger charge is -2.09. The molecule has 0 atom stereocenters. The van der Waals surface area contributed by atoms with Crippen molar-refractivity contribution >= 4 is 16.8 Å². The molecular formula is C16H21N3O. The number of carbonyl (C=O) groups is 1. The van der Waals surface area contributed by atoms with Crippen molar-refractivity contribution in [2.24, 2.45) is 0 Å². The zero-order valence-corrected chi connectivity index (χ0v) is 12.0. The molecule has 0 radical (unpaired) electrons. The first-order valence-electron chi connectivity index (χ1n) is 6.99. The van der Waals surface area contributed by atoms with E-state index >= 15 is 0 Å². The third kappa shape index (κ3) is 4.03. The zero-order valence-electron chi connectivity index (χ0n) is 12.0. The van der Waals surface area contributed by atoms with Gasteiger partial charge in [-0.1, -0.05) is 24.3 Å². The summed E-state index contributed by atoms with van der Waals surface area (Å²) in [7, 11) is 0. The topological polar surface area (TPSA) is 54.0 Å². The highest BCUT2D eigenvalue weighted by Crippen LogP contribution is 2.15. The second-order valence-corrected chi connectivity index (χ2v) is 5.14. The number of amides is 1. The van der Waals surface area contributed by atoms with Crippen LogP contribution in [0.25, 0.3) is 10.9 Å². The summed E-state index contributed by atoms with van der Waals surface area (Å²) in [6, 6.07) is 10.4. The van der Waals surface area contributed by atoms with E-state index in [9.17, 15) is 4.79 Å². The minimum absolute atomic E-state index is 0.0866. The molecule has 2 aromatic rings. The van der Waals surface area contributed by atoms with Crippen LogP contribution in [0.3, 0.4) is 0 Å². The molecule has 0 saturated heterocycles. The molecule has 4 heteroatoms. The van der Waals surface area contributed by atoms with E-state index in [0.717, 1.165) is 23.0 Å². The van der Waals surface area contributed by atoms with E-state index in [2.05, 4.69) is 33.8 Å². The first kappa shape index (κ1) is 14.5. The third-order valence-corrected chi connectivity index (χ3v) is 3.01. The molecule has 1 amide bonds. The highest BCUT2D eigenvalue weighted by molar-refractivity contribution is 5.81. The van der Waals surface area contributed by atoms with Crippen molar-refractivity contribution in [3.05, 3.63) is 42.1 Å². The van der Waals surface area contributed by atoms with Crippen molar-refractivity contribution in [3.8, 4) is 0 Å². The number of fused-ring (bicyclic) bond motifs is 1. The lowest BCUT2D eigenvalue weighted by Crippen LogP contribution is -2.32. The molecule has 0 spiro atoms. The molecule has 0 bridgehead atoms. The fraction of sp³-hybridized carbons (Fsp3) is 0.375. The average molecular weight is 271 g/mol. The van der Waals surface area contributed by atoms with Gasteiger partial charge in [0.25, 0.3) is 0 Å². The average Bonchev–Trinajstić information content (AvgIpc) is 2.43. The molecule has 0 aliphatic heterocycles. The molecule has 0 fully saturated rings. The molecule has 20 heavy (non-hydrogen) atoms. The van der Waals surface area contributed by atoms with E-state index in [4.69, 9.17) is 0 Å². The maximum Gasteiger partial charge on any atom is 0.221 e. The molecule has 1 aromatic carbocycles. The molecule has 0 unspecified atom stereocenters. The lowest BCUT2D eigenvalue weighted by molar-refractivity contribution is -0.121. The summed E-state index contributed by atoms with van der Waals surface area (Å²) < 4.78 is 0. The van der Waals surface area contributed by atoms with Gasteiger partial charge in [-0.15, -0.1) is 0 Å². The van der Waals surface area contributed by atoms with Crippen molar-refractivity contribution in [1.29, 1.82) is 0 Å². The molecular weight excluding hydrogens is 250 g/mol. The summed E-state index contributed by atoms with van der Waals surface area (Å²) in [6.45, 7) is 5.32. The van der Waals surface area contributed by atoms with Crippen molar-refractivity contribution in [2.45, 2.75) is 32.9 Å². The summed E-state index contributed by atoms with van der Waals surface area (Å²) in [4.78, 5) is 15.9. The van der Waals surface area contributed by atoms with Crippen molar-refractivity contribution in [2.75, 3.05) is 6.54 Å². The Hall–Kier alpha value is -1.94. The number of pyridine rings is 1. The highest BCUT2D eigenvalue weighted by atomic mass is 16.1. The van der Waals surface area contributed by atoms with Crippen molar-refractivity contribution in [1.82, 2.24) is 15.6 Å². The van der Waals surface area contributed by atoms with Crippen molar-refractivity contribution < 1.29 is 4.79 Å². The number of hydrogen-bond donors (Lipinski definition) is 2. The Labute approximate surface area is 119 Å². The number of nitrogens with zero attached hydrogens (tertiary/aromatic N) is 1. The quantitative estimate of drug-likeness (QED) is 0.792. The predicted octanol–water partition coefficient (Wildman–Crippen LogP) is 2.24. The number of rotatable bonds is 6. The Bertz CT molecular complexity index is 575. The second-order valence-electron chi connectivity index (χ2n) is 5.14.